The minimum absolute atomic E-state index is 0.0849. The molecular weight excluding hydrogens is 300 g/mol. The van der Waals surface area contributed by atoms with Crippen LogP contribution in [0, 0.1) is 0 Å². The molecule has 3 heterocycles. The maximum Gasteiger partial charge on any atom is 0.274 e. The van der Waals surface area contributed by atoms with Crippen LogP contribution in [-0.4, -0.2) is 57.9 Å². The van der Waals surface area contributed by atoms with Crippen LogP contribution in [-0.2, 0) is 0 Å². The summed E-state index contributed by atoms with van der Waals surface area (Å²) in [6.07, 6.45) is 4.73. The smallest absolute Gasteiger partial charge is 0.274 e. The van der Waals surface area contributed by atoms with Gasteiger partial charge in [0.1, 0.15) is 0 Å². The van der Waals surface area contributed by atoms with E-state index in [9.17, 15) is 4.79 Å². The number of hydrogen-bond donors (Lipinski definition) is 0. The zero-order valence-electron chi connectivity index (χ0n) is 13.8. The first-order valence-electron chi connectivity index (χ1n) is 9.09. The van der Waals surface area contributed by atoms with Crippen molar-refractivity contribution in [2.24, 2.45) is 0 Å². The summed E-state index contributed by atoms with van der Waals surface area (Å²) in [4.78, 5) is 27.3. The molecular formula is C19H22N4O. The van der Waals surface area contributed by atoms with Crippen molar-refractivity contribution in [2.45, 2.75) is 37.6 Å². The number of nitrogens with zero attached hydrogens (tertiary/aromatic N) is 4. The molecule has 0 radical (unpaired) electrons. The number of benzene rings is 1. The Kier molecular flexibility index (Phi) is 3.30. The van der Waals surface area contributed by atoms with E-state index in [1.807, 2.05) is 29.2 Å². The second kappa shape index (κ2) is 5.52. The molecule has 0 bridgehead atoms. The predicted molar refractivity (Wildman–Crippen MR) is 92.0 cm³/mol. The number of amides is 1. The van der Waals surface area contributed by atoms with Gasteiger partial charge >= 0.3 is 0 Å². The topological polar surface area (TPSA) is 49.3 Å². The average Bonchev–Trinajstić information content (AvgIpc) is 3.37. The molecule has 1 aromatic heterocycles. The molecule has 24 heavy (non-hydrogen) atoms. The van der Waals surface area contributed by atoms with E-state index in [-0.39, 0.29) is 5.91 Å². The maximum atomic E-state index is 13.2. The van der Waals surface area contributed by atoms with E-state index < -0.39 is 0 Å². The number of rotatable bonds is 2. The molecule has 3 fully saturated rings. The summed E-state index contributed by atoms with van der Waals surface area (Å²) in [5, 5.41) is 0. The van der Waals surface area contributed by atoms with Crippen molar-refractivity contribution in [3.05, 3.63) is 35.7 Å². The van der Waals surface area contributed by atoms with Crippen molar-refractivity contribution < 1.29 is 4.79 Å². The van der Waals surface area contributed by atoms with E-state index in [1.54, 1.807) is 0 Å². The van der Waals surface area contributed by atoms with Gasteiger partial charge in [-0.05, 0) is 44.4 Å². The molecule has 1 unspecified atom stereocenters. The van der Waals surface area contributed by atoms with E-state index >= 15 is 0 Å². The van der Waals surface area contributed by atoms with Gasteiger partial charge < -0.3 is 4.90 Å². The van der Waals surface area contributed by atoms with Crippen molar-refractivity contribution in [1.29, 1.82) is 0 Å². The van der Waals surface area contributed by atoms with Crippen LogP contribution in [0.5, 0.6) is 0 Å². The van der Waals surface area contributed by atoms with Crippen LogP contribution in [0.25, 0.3) is 11.0 Å². The molecule has 1 aromatic carbocycles. The summed E-state index contributed by atoms with van der Waals surface area (Å²) < 4.78 is 0. The van der Waals surface area contributed by atoms with Gasteiger partial charge in [-0.15, -0.1) is 0 Å². The second-order valence-electron chi connectivity index (χ2n) is 7.30. The molecule has 2 saturated heterocycles. The molecule has 5 nitrogen and oxygen atoms in total. The molecule has 0 N–H and O–H groups in total. The number of carbonyl (C=O) groups is 1. The predicted octanol–water partition coefficient (Wildman–Crippen LogP) is 2.43. The summed E-state index contributed by atoms with van der Waals surface area (Å²) in [5.41, 5.74) is 3.25. The Labute approximate surface area is 141 Å². The maximum absolute atomic E-state index is 13.2. The summed E-state index contributed by atoms with van der Waals surface area (Å²) in [7, 11) is 0. The molecule has 5 rings (SSSR count). The van der Waals surface area contributed by atoms with Gasteiger partial charge in [-0.2, -0.15) is 0 Å². The lowest BCUT2D eigenvalue weighted by Crippen LogP contribution is -2.52. The Morgan fingerprint density at radius 1 is 1.00 bits per heavy atom. The summed E-state index contributed by atoms with van der Waals surface area (Å²) in [6, 6.07) is 8.42. The minimum atomic E-state index is 0.0849. The molecule has 1 amide bonds. The molecule has 124 valence electrons. The fraction of sp³-hybridized carbons (Fsp3) is 0.526. The van der Waals surface area contributed by atoms with Gasteiger partial charge in [0.05, 0.1) is 16.7 Å². The molecule has 2 aromatic rings. The molecule has 5 heteroatoms. The number of aromatic nitrogens is 2. The summed E-state index contributed by atoms with van der Waals surface area (Å²) in [6.45, 7) is 3.84. The van der Waals surface area contributed by atoms with Gasteiger partial charge in [-0.1, -0.05) is 12.1 Å². The van der Waals surface area contributed by atoms with Gasteiger partial charge in [0.25, 0.3) is 5.91 Å². The van der Waals surface area contributed by atoms with E-state index in [0.29, 0.717) is 17.7 Å². The normalized spacial score (nSPS) is 24.3. The molecule has 2 aliphatic heterocycles. The highest BCUT2D eigenvalue weighted by Gasteiger charge is 2.36. The van der Waals surface area contributed by atoms with E-state index in [0.717, 1.165) is 49.2 Å². The Morgan fingerprint density at radius 2 is 1.79 bits per heavy atom. The third-order valence-corrected chi connectivity index (χ3v) is 5.64. The van der Waals surface area contributed by atoms with Gasteiger partial charge in [-0.25, -0.2) is 9.97 Å². The molecule has 1 aliphatic carbocycles. The van der Waals surface area contributed by atoms with Crippen LogP contribution in [0.2, 0.25) is 0 Å². The molecule has 1 atom stereocenters. The summed E-state index contributed by atoms with van der Waals surface area (Å²) >= 11 is 0. The van der Waals surface area contributed by atoms with Crippen molar-refractivity contribution in [2.75, 3.05) is 26.2 Å². The largest absolute Gasteiger partial charge is 0.334 e. The van der Waals surface area contributed by atoms with E-state index in [4.69, 9.17) is 9.97 Å². The first-order chi connectivity index (χ1) is 11.8. The van der Waals surface area contributed by atoms with E-state index in [1.165, 1.54) is 19.4 Å². The van der Waals surface area contributed by atoms with Crippen molar-refractivity contribution >= 4 is 16.9 Å². The monoisotopic (exact) mass is 322 g/mol. The first-order valence-corrected chi connectivity index (χ1v) is 9.09. The lowest BCUT2D eigenvalue weighted by molar-refractivity contribution is 0.0564. The molecule has 3 aliphatic rings. The zero-order chi connectivity index (χ0) is 16.1. The fourth-order valence-electron chi connectivity index (χ4n) is 4.14. The first kappa shape index (κ1) is 14.3. The number of hydrogen-bond acceptors (Lipinski definition) is 4. The van der Waals surface area contributed by atoms with Gasteiger partial charge in [0.15, 0.2) is 5.69 Å². The van der Waals surface area contributed by atoms with Crippen LogP contribution >= 0.6 is 0 Å². The van der Waals surface area contributed by atoms with E-state index in [2.05, 4.69) is 4.90 Å². The Bertz CT molecular complexity index is 801. The quantitative estimate of drug-likeness (QED) is 0.852. The number of fused-ring (bicyclic) bond motifs is 2. The van der Waals surface area contributed by atoms with Crippen LogP contribution in [0.4, 0.5) is 0 Å². The SMILES string of the molecule is O=C(c1nc2ccccc2nc1C1CC1)N1CCN2CCCC2C1. The average molecular weight is 322 g/mol. The zero-order valence-corrected chi connectivity index (χ0v) is 13.8. The van der Waals surface area contributed by atoms with Crippen LogP contribution in [0.1, 0.15) is 47.8 Å². The highest BCUT2D eigenvalue weighted by Crippen LogP contribution is 2.41. The summed E-state index contributed by atoms with van der Waals surface area (Å²) in [5.74, 6) is 0.510. The fourth-order valence-corrected chi connectivity index (χ4v) is 4.14. The number of para-hydroxylation sites is 2. The van der Waals surface area contributed by atoms with Gasteiger partial charge in [-0.3, -0.25) is 9.69 Å². The lowest BCUT2D eigenvalue weighted by Gasteiger charge is -2.37. The van der Waals surface area contributed by atoms with Gasteiger partial charge in [0, 0.05) is 31.6 Å². The molecule has 0 spiro atoms. The second-order valence-corrected chi connectivity index (χ2v) is 7.30. The third-order valence-electron chi connectivity index (χ3n) is 5.64. The van der Waals surface area contributed by atoms with Crippen molar-refractivity contribution in [3.63, 3.8) is 0 Å². The van der Waals surface area contributed by atoms with Crippen molar-refractivity contribution in [1.82, 2.24) is 19.8 Å². The van der Waals surface area contributed by atoms with Crippen LogP contribution < -0.4 is 0 Å². The Balaban J connectivity index is 1.50. The van der Waals surface area contributed by atoms with Gasteiger partial charge in [0.2, 0.25) is 0 Å². The van der Waals surface area contributed by atoms with Crippen LogP contribution in [0.15, 0.2) is 24.3 Å². The van der Waals surface area contributed by atoms with Crippen molar-refractivity contribution in [3.8, 4) is 0 Å². The minimum Gasteiger partial charge on any atom is -0.334 e. The Morgan fingerprint density at radius 3 is 2.58 bits per heavy atom. The number of carbonyl (C=O) groups excluding carboxylic acids is 1. The molecule has 1 saturated carbocycles. The Hall–Kier alpha value is -2.01. The number of piperazine rings is 1. The highest BCUT2D eigenvalue weighted by molar-refractivity contribution is 5.95. The highest BCUT2D eigenvalue weighted by atomic mass is 16.2. The standard InChI is InChI=1S/C19H22N4O/c24-19(23-11-10-22-9-3-4-14(22)12-23)18-17(13-7-8-13)20-15-5-1-2-6-16(15)21-18/h1-2,5-6,13-14H,3-4,7-12H2. The van der Waals surface area contributed by atoms with Crippen LogP contribution in [0.3, 0.4) is 0 Å². The third kappa shape index (κ3) is 2.38. The lowest BCUT2D eigenvalue weighted by atomic mass is 10.1.